The van der Waals surface area contributed by atoms with Crippen molar-refractivity contribution in [1.82, 2.24) is 4.90 Å². The minimum absolute atomic E-state index is 0.00549. The third-order valence-electron chi connectivity index (χ3n) is 11.9. The number of carbonyl (C=O) groups excluding carboxylic acids is 2. The van der Waals surface area contributed by atoms with Gasteiger partial charge in [0.25, 0.3) is 0 Å². The molecule has 56 heavy (non-hydrogen) atoms. The molecular formula is C51H93NO4. The summed E-state index contributed by atoms with van der Waals surface area (Å²) in [5.74, 6) is 1.59. The van der Waals surface area contributed by atoms with Gasteiger partial charge in [0.2, 0.25) is 0 Å². The van der Waals surface area contributed by atoms with Crippen LogP contribution in [0.25, 0.3) is 0 Å². The van der Waals surface area contributed by atoms with E-state index in [2.05, 4.69) is 62.9 Å². The summed E-state index contributed by atoms with van der Waals surface area (Å²) < 4.78 is 11.2. The fraction of sp³-hybridized carbons (Fsp3) is 0.843. The molecule has 0 bridgehead atoms. The summed E-state index contributed by atoms with van der Waals surface area (Å²) in [5.41, 5.74) is 1.39. The van der Waals surface area contributed by atoms with Crippen molar-refractivity contribution in [2.75, 3.05) is 26.3 Å². The Hall–Kier alpha value is -1.88. The zero-order chi connectivity index (χ0) is 40.6. The summed E-state index contributed by atoms with van der Waals surface area (Å²) in [6.07, 6.45) is 38.2. The smallest absolute Gasteiger partial charge is 0.305 e. The highest BCUT2D eigenvalue weighted by molar-refractivity contribution is 5.69. The van der Waals surface area contributed by atoms with Crippen molar-refractivity contribution in [2.24, 2.45) is 11.8 Å². The maximum Gasteiger partial charge on any atom is 0.305 e. The highest BCUT2D eigenvalue weighted by atomic mass is 16.5. The van der Waals surface area contributed by atoms with Crippen LogP contribution in [0.3, 0.4) is 0 Å². The zero-order valence-corrected chi connectivity index (χ0v) is 37.8. The van der Waals surface area contributed by atoms with Crippen molar-refractivity contribution in [3.8, 4) is 0 Å². The molecule has 0 aromatic heterocycles. The van der Waals surface area contributed by atoms with E-state index >= 15 is 0 Å². The Bertz CT molecular complexity index is 905. The monoisotopic (exact) mass is 784 g/mol. The van der Waals surface area contributed by atoms with E-state index in [9.17, 15) is 9.59 Å². The van der Waals surface area contributed by atoms with Gasteiger partial charge in [0.15, 0.2) is 0 Å². The van der Waals surface area contributed by atoms with Crippen molar-refractivity contribution in [3.05, 3.63) is 35.9 Å². The predicted molar refractivity (Wildman–Crippen MR) is 241 cm³/mol. The summed E-state index contributed by atoms with van der Waals surface area (Å²) in [7, 11) is 0. The van der Waals surface area contributed by atoms with Gasteiger partial charge in [-0.25, -0.2) is 0 Å². The highest BCUT2D eigenvalue weighted by Gasteiger charge is 2.13. The lowest BCUT2D eigenvalue weighted by Crippen LogP contribution is -2.25. The fourth-order valence-electron chi connectivity index (χ4n) is 8.23. The molecule has 0 aliphatic heterocycles. The Morgan fingerprint density at radius 1 is 0.446 bits per heavy atom. The molecule has 5 heteroatoms. The average molecular weight is 784 g/mol. The van der Waals surface area contributed by atoms with Gasteiger partial charge in [-0.2, -0.15) is 0 Å². The summed E-state index contributed by atoms with van der Waals surface area (Å²) in [5, 5.41) is 0. The van der Waals surface area contributed by atoms with Crippen molar-refractivity contribution >= 4 is 11.9 Å². The first-order chi connectivity index (χ1) is 27.5. The van der Waals surface area contributed by atoms with Crippen molar-refractivity contribution in [2.45, 2.75) is 240 Å². The van der Waals surface area contributed by atoms with Crippen molar-refractivity contribution in [3.63, 3.8) is 0 Å². The molecule has 0 aliphatic rings. The van der Waals surface area contributed by atoms with Gasteiger partial charge in [-0.1, -0.05) is 199 Å². The van der Waals surface area contributed by atoms with Gasteiger partial charge in [-0.05, 0) is 81.9 Å². The summed E-state index contributed by atoms with van der Waals surface area (Å²) >= 11 is 0. The lowest BCUT2D eigenvalue weighted by Gasteiger charge is -2.22. The van der Waals surface area contributed by atoms with Gasteiger partial charge in [-0.15, -0.1) is 0 Å². The Kier molecular flexibility index (Phi) is 37.2. The first kappa shape index (κ1) is 52.1. The molecule has 5 nitrogen and oxygen atoms in total. The van der Waals surface area contributed by atoms with E-state index in [1.165, 1.54) is 160 Å². The molecule has 0 aliphatic carbocycles. The number of hydrogen-bond donors (Lipinski definition) is 0. The molecule has 0 saturated heterocycles. The van der Waals surface area contributed by atoms with E-state index in [-0.39, 0.29) is 11.9 Å². The third-order valence-corrected chi connectivity index (χ3v) is 11.9. The fourth-order valence-corrected chi connectivity index (χ4v) is 8.23. The maximum absolute atomic E-state index is 12.4. The number of hydrogen-bond acceptors (Lipinski definition) is 5. The molecule has 0 heterocycles. The van der Waals surface area contributed by atoms with E-state index in [1.54, 1.807) is 0 Å². The molecule has 0 atom stereocenters. The van der Waals surface area contributed by atoms with Crippen LogP contribution in [0.2, 0.25) is 0 Å². The Balaban J connectivity index is 2.18. The number of ether oxygens (including phenoxy) is 2. The molecule has 1 aromatic rings. The van der Waals surface area contributed by atoms with Gasteiger partial charge in [0.05, 0.1) is 13.2 Å². The third kappa shape index (κ3) is 33.1. The number of carbonyl (C=O) groups is 2. The standard InChI is InChI=1S/C51H93NO4/c1-5-9-20-32-47(33-21-10-6-2)38-30-40-50(53)55-44-28-17-13-15-26-42-52(46-49-36-24-19-25-37-49)43-27-16-14-18-29-45-56-51(54)41-31-39-48(34-22-11-7-3)35-23-12-8-4/h19,24-25,36-37,47-48H,5-18,20-23,26-35,38-46H2,1-4H3. The predicted octanol–water partition coefficient (Wildman–Crippen LogP) is 15.4. The molecule has 0 saturated carbocycles. The van der Waals surface area contributed by atoms with Crippen molar-refractivity contribution in [1.29, 1.82) is 0 Å². The van der Waals surface area contributed by atoms with Gasteiger partial charge < -0.3 is 9.47 Å². The van der Waals surface area contributed by atoms with Crippen LogP contribution in [0.15, 0.2) is 30.3 Å². The van der Waals surface area contributed by atoms with Crippen LogP contribution in [0, 0.1) is 11.8 Å². The molecule has 0 N–H and O–H groups in total. The van der Waals surface area contributed by atoms with Crippen LogP contribution in [0.5, 0.6) is 0 Å². The first-order valence-corrected chi connectivity index (χ1v) is 24.6. The van der Waals surface area contributed by atoms with Crippen LogP contribution in [0.4, 0.5) is 0 Å². The number of rotatable bonds is 42. The van der Waals surface area contributed by atoms with Crippen LogP contribution in [-0.4, -0.2) is 43.1 Å². The van der Waals surface area contributed by atoms with E-state index in [1.807, 2.05) is 0 Å². The number of esters is 2. The highest BCUT2D eigenvalue weighted by Crippen LogP contribution is 2.24. The summed E-state index contributed by atoms with van der Waals surface area (Å²) in [6.45, 7) is 13.6. The molecule has 0 unspecified atom stereocenters. The summed E-state index contributed by atoms with van der Waals surface area (Å²) in [4.78, 5) is 27.4. The summed E-state index contributed by atoms with van der Waals surface area (Å²) in [6, 6.07) is 10.9. The molecule has 0 fully saturated rings. The zero-order valence-electron chi connectivity index (χ0n) is 37.8. The van der Waals surface area contributed by atoms with E-state index in [0.717, 1.165) is 70.0 Å². The topological polar surface area (TPSA) is 55.8 Å². The van der Waals surface area contributed by atoms with Crippen LogP contribution < -0.4 is 0 Å². The van der Waals surface area contributed by atoms with E-state index in [4.69, 9.17) is 9.47 Å². The lowest BCUT2D eigenvalue weighted by molar-refractivity contribution is -0.144. The second-order valence-electron chi connectivity index (χ2n) is 17.2. The molecule has 0 amide bonds. The van der Waals surface area contributed by atoms with E-state index in [0.29, 0.717) is 26.1 Å². The Labute approximate surface area is 348 Å². The van der Waals surface area contributed by atoms with E-state index < -0.39 is 0 Å². The number of unbranched alkanes of at least 4 members (excludes halogenated alkanes) is 16. The molecule has 1 rings (SSSR count). The van der Waals surface area contributed by atoms with Gasteiger partial charge in [0.1, 0.15) is 0 Å². The van der Waals surface area contributed by atoms with Gasteiger partial charge >= 0.3 is 11.9 Å². The SMILES string of the molecule is CCCCCC(CCCCC)CCCC(=O)OCCCCCCCN(CCCCCCCOC(=O)CCCC(CCCCC)CCCCC)Cc1ccccc1. The molecule has 0 spiro atoms. The lowest BCUT2D eigenvalue weighted by atomic mass is 9.90. The van der Waals surface area contributed by atoms with Crippen LogP contribution in [-0.2, 0) is 25.6 Å². The second-order valence-corrected chi connectivity index (χ2v) is 17.2. The molecular weight excluding hydrogens is 691 g/mol. The minimum Gasteiger partial charge on any atom is -0.466 e. The molecule has 326 valence electrons. The Morgan fingerprint density at radius 2 is 0.804 bits per heavy atom. The van der Waals surface area contributed by atoms with Crippen LogP contribution in [0.1, 0.15) is 239 Å². The first-order valence-electron chi connectivity index (χ1n) is 24.6. The average Bonchev–Trinajstić information content (AvgIpc) is 3.20. The Morgan fingerprint density at radius 3 is 1.20 bits per heavy atom. The molecule has 0 radical (unpaired) electrons. The van der Waals surface area contributed by atoms with Crippen LogP contribution >= 0.6 is 0 Å². The van der Waals surface area contributed by atoms with Gasteiger partial charge in [-0.3, -0.25) is 14.5 Å². The quantitative estimate of drug-likeness (QED) is 0.0488. The normalized spacial score (nSPS) is 11.6. The number of nitrogens with zero attached hydrogens (tertiary/aromatic N) is 1. The van der Waals surface area contributed by atoms with Crippen molar-refractivity contribution < 1.29 is 19.1 Å². The minimum atomic E-state index is 0.00549. The molecule has 1 aromatic carbocycles. The van der Waals surface area contributed by atoms with Gasteiger partial charge in [0, 0.05) is 19.4 Å². The number of benzene rings is 1. The second kappa shape index (κ2) is 39.9. The largest absolute Gasteiger partial charge is 0.466 e. The maximum atomic E-state index is 12.4.